The molecule has 0 amide bonds. The number of benzene rings is 2. The maximum atomic E-state index is 13.9. The van der Waals surface area contributed by atoms with E-state index < -0.39 is 36.0 Å². The van der Waals surface area contributed by atoms with E-state index in [9.17, 15) is 26.7 Å². The van der Waals surface area contributed by atoms with Gasteiger partial charge < -0.3 is 9.84 Å². The summed E-state index contributed by atoms with van der Waals surface area (Å²) in [7, 11) is 0. The quantitative estimate of drug-likeness (QED) is 0.312. The topological polar surface area (TPSA) is 77.2 Å². The van der Waals surface area contributed by atoms with Crippen molar-refractivity contribution in [2.45, 2.75) is 26.3 Å². The Morgan fingerprint density at radius 1 is 1.17 bits per heavy atom. The molecule has 2 aromatic carbocycles. The van der Waals surface area contributed by atoms with Crippen LogP contribution in [-0.4, -0.2) is 25.8 Å². The van der Waals surface area contributed by atoms with E-state index >= 15 is 0 Å². The molecule has 0 fully saturated rings. The molecule has 0 aliphatic heterocycles. The first-order valence-corrected chi connectivity index (χ1v) is 10.8. The van der Waals surface area contributed by atoms with Crippen LogP contribution in [0.25, 0.3) is 10.6 Å². The summed E-state index contributed by atoms with van der Waals surface area (Å²) in [4.78, 5) is 16.2. The van der Waals surface area contributed by atoms with Crippen molar-refractivity contribution in [2.24, 2.45) is 0 Å². The van der Waals surface area contributed by atoms with Crippen LogP contribution in [0.2, 0.25) is 0 Å². The highest BCUT2D eigenvalue weighted by Gasteiger charge is 2.32. The van der Waals surface area contributed by atoms with E-state index in [1.165, 1.54) is 23.1 Å². The molecule has 4 aromatic rings. The minimum absolute atomic E-state index is 0.00429. The summed E-state index contributed by atoms with van der Waals surface area (Å²) in [6.45, 7) is 1.46. The SMILES string of the molecule is Cc1sc(-c2cc(OCc3ccc(F)cc3F)cc(C(F)(F)F)c2)nc1Cn1cc(C(=O)O)cn1. The largest absolute Gasteiger partial charge is 0.489 e. The highest BCUT2D eigenvalue weighted by Crippen LogP contribution is 2.37. The van der Waals surface area contributed by atoms with E-state index in [2.05, 4.69) is 10.1 Å². The molecular weight excluding hydrogens is 493 g/mol. The van der Waals surface area contributed by atoms with E-state index in [4.69, 9.17) is 9.84 Å². The number of alkyl halides is 3. The molecule has 2 heterocycles. The lowest BCUT2D eigenvalue weighted by molar-refractivity contribution is -0.137. The number of hydrogen-bond acceptors (Lipinski definition) is 5. The molecular formula is C23H16F5N3O3S. The molecule has 0 bridgehead atoms. The average molecular weight is 509 g/mol. The van der Waals surface area contributed by atoms with Gasteiger partial charge in [0.15, 0.2) is 0 Å². The van der Waals surface area contributed by atoms with Crippen LogP contribution >= 0.6 is 11.3 Å². The normalized spacial score (nSPS) is 11.6. The van der Waals surface area contributed by atoms with Gasteiger partial charge in [-0.3, -0.25) is 4.68 Å². The van der Waals surface area contributed by atoms with Gasteiger partial charge in [0.25, 0.3) is 0 Å². The third kappa shape index (κ3) is 5.65. The van der Waals surface area contributed by atoms with Crippen molar-refractivity contribution in [1.29, 1.82) is 0 Å². The molecule has 35 heavy (non-hydrogen) atoms. The monoisotopic (exact) mass is 509 g/mol. The number of nitrogens with zero attached hydrogens (tertiary/aromatic N) is 3. The first kappa shape index (κ1) is 24.3. The van der Waals surface area contributed by atoms with Crippen LogP contribution in [0.1, 0.15) is 32.1 Å². The second-order valence-corrected chi connectivity index (χ2v) is 8.73. The van der Waals surface area contributed by atoms with Gasteiger partial charge in [-0.05, 0) is 37.3 Å². The predicted molar refractivity (Wildman–Crippen MR) is 116 cm³/mol. The zero-order valence-corrected chi connectivity index (χ0v) is 18.8. The summed E-state index contributed by atoms with van der Waals surface area (Å²) in [5.74, 6) is -2.95. The Balaban J connectivity index is 1.63. The van der Waals surface area contributed by atoms with Gasteiger partial charge in [0.2, 0.25) is 0 Å². The van der Waals surface area contributed by atoms with E-state index in [0.717, 1.165) is 35.6 Å². The number of aryl methyl sites for hydroxylation is 1. The molecule has 2 aromatic heterocycles. The molecule has 4 rings (SSSR count). The second-order valence-electron chi connectivity index (χ2n) is 7.52. The lowest BCUT2D eigenvalue weighted by Gasteiger charge is -2.13. The molecule has 0 aliphatic carbocycles. The average Bonchev–Trinajstić information content (AvgIpc) is 3.40. The van der Waals surface area contributed by atoms with Crippen LogP contribution in [0.4, 0.5) is 22.0 Å². The van der Waals surface area contributed by atoms with Crippen molar-refractivity contribution >= 4 is 17.3 Å². The smallest absolute Gasteiger partial charge is 0.416 e. The Hall–Kier alpha value is -3.80. The van der Waals surface area contributed by atoms with E-state index in [1.54, 1.807) is 6.92 Å². The van der Waals surface area contributed by atoms with Crippen molar-refractivity contribution in [3.63, 3.8) is 0 Å². The fraction of sp³-hybridized carbons (Fsp3) is 0.174. The van der Waals surface area contributed by atoms with Gasteiger partial charge >= 0.3 is 12.1 Å². The third-order valence-corrected chi connectivity index (χ3v) is 6.04. The summed E-state index contributed by atoms with van der Waals surface area (Å²) >= 11 is 1.15. The number of carboxylic acid groups (broad SMARTS) is 1. The van der Waals surface area contributed by atoms with E-state index in [0.29, 0.717) is 16.6 Å². The zero-order chi connectivity index (χ0) is 25.3. The highest BCUT2D eigenvalue weighted by molar-refractivity contribution is 7.15. The Kier molecular flexibility index (Phi) is 6.57. The van der Waals surface area contributed by atoms with Gasteiger partial charge in [-0.25, -0.2) is 18.6 Å². The van der Waals surface area contributed by atoms with Gasteiger partial charge in [-0.15, -0.1) is 11.3 Å². The molecule has 0 spiro atoms. The number of hydrogen-bond donors (Lipinski definition) is 1. The van der Waals surface area contributed by atoms with E-state index in [-0.39, 0.29) is 34.0 Å². The van der Waals surface area contributed by atoms with Crippen molar-refractivity contribution < 1.29 is 36.6 Å². The molecule has 182 valence electrons. The van der Waals surface area contributed by atoms with Crippen LogP contribution in [0.3, 0.4) is 0 Å². The maximum Gasteiger partial charge on any atom is 0.416 e. The lowest BCUT2D eigenvalue weighted by Crippen LogP contribution is -2.06. The van der Waals surface area contributed by atoms with Crippen molar-refractivity contribution in [1.82, 2.24) is 14.8 Å². The lowest BCUT2D eigenvalue weighted by atomic mass is 10.1. The van der Waals surface area contributed by atoms with Gasteiger partial charge in [0.05, 0.1) is 29.6 Å². The van der Waals surface area contributed by atoms with Gasteiger partial charge in [0.1, 0.15) is 29.0 Å². The number of rotatable bonds is 7. The van der Waals surface area contributed by atoms with Crippen LogP contribution < -0.4 is 4.74 Å². The summed E-state index contributed by atoms with van der Waals surface area (Å²) in [6, 6.07) is 5.93. The first-order chi connectivity index (χ1) is 16.5. The summed E-state index contributed by atoms with van der Waals surface area (Å²) in [5.41, 5.74) is -0.344. The Bertz CT molecular complexity index is 1400. The predicted octanol–water partition coefficient (Wildman–Crippen LogP) is 5.94. The minimum Gasteiger partial charge on any atom is -0.489 e. The number of thiazole rings is 1. The Morgan fingerprint density at radius 2 is 1.94 bits per heavy atom. The standard InChI is InChI=1S/C23H16F5N3O3S/c1-12-20(10-31-9-15(8-29-31)22(32)33)30-21(35-12)14-4-16(23(26,27)28)6-18(5-14)34-11-13-2-3-17(24)7-19(13)25/h2-9H,10-11H2,1H3,(H,32,33). The Morgan fingerprint density at radius 3 is 2.60 bits per heavy atom. The summed E-state index contributed by atoms with van der Waals surface area (Å²) in [5, 5.41) is 13.3. The van der Waals surface area contributed by atoms with Crippen molar-refractivity contribution in [3.8, 4) is 16.3 Å². The summed E-state index contributed by atoms with van der Waals surface area (Å²) in [6.07, 6.45) is -2.16. The number of ether oxygens (including phenoxy) is 1. The third-order valence-electron chi connectivity index (χ3n) is 4.97. The highest BCUT2D eigenvalue weighted by atomic mass is 32.1. The van der Waals surface area contributed by atoms with Gasteiger partial charge in [-0.2, -0.15) is 18.3 Å². The molecule has 0 radical (unpaired) electrons. The van der Waals surface area contributed by atoms with Gasteiger partial charge in [0, 0.05) is 28.3 Å². The van der Waals surface area contributed by atoms with Crippen LogP contribution in [0.5, 0.6) is 5.75 Å². The molecule has 0 aliphatic rings. The van der Waals surface area contributed by atoms with Crippen molar-refractivity contribution in [3.05, 3.63) is 87.7 Å². The number of aromatic nitrogens is 3. The second kappa shape index (κ2) is 9.45. The van der Waals surface area contributed by atoms with Crippen molar-refractivity contribution in [2.75, 3.05) is 0 Å². The Labute approximate surface area is 199 Å². The molecule has 12 heteroatoms. The molecule has 0 atom stereocenters. The number of halogens is 5. The minimum atomic E-state index is -4.67. The maximum absolute atomic E-state index is 13.9. The van der Waals surface area contributed by atoms with Crippen LogP contribution in [-0.2, 0) is 19.3 Å². The zero-order valence-electron chi connectivity index (χ0n) is 17.9. The molecule has 0 saturated carbocycles. The number of carboxylic acids is 1. The first-order valence-electron chi connectivity index (χ1n) is 10.0. The van der Waals surface area contributed by atoms with Crippen LogP contribution in [0.15, 0.2) is 48.8 Å². The molecule has 0 unspecified atom stereocenters. The molecule has 0 saturated heterocycles. The summed E-state index contributed by atoms with van der Waals surface area (Å²) < 4.78 is 74.4. The fourth-order valence-electron chi connectivity index (χ4n) is 3.18. The fourth-order valence-corrected chi connectivity index (χ4v) is 4.09. The van der Waals surface area contributed by atoms with Gasteiger partial charge in [-0.1, -0.05) is 0 Å². The number of aromatic carboxylic acids is 1. The molecule has 1 N–H and O–H groups in total. The number of carbonyl (C=O) groups is 1. The molecule has 6 nitrogen and oxygen atoms in total. The van der Waals surface area contributed by atoms with E-state index in [1.807, 2.05) is 0 Å². The van der Waals surface area contributed by atoms with Crippen LogP contribution in [0, 0.1) is 18.6 Å².